The van der Waals surface area contributed by atoms with Crippen LogP contribution in [0.2, 0.25) is 0 Å². The molecule has 0 spiro atoms. The Morgan fingerprint density at radius 1 is 1.53 bits per heavy atom. The lowest BCUT2D eigenvalue weighted by atomic mass is 10.1. The topological polar surface area (TPSA) is 32.8 Å². The Morgan fingerprint density at radius 3 is 3.07 bits per heavy atom. The molecule has 2 amide bonds. The van der Waals surface area contributed by atoms with Crippen LogP contribution < -0.4 is 0 Å². The molecule has 0 aromatic rings. The lowest BCUT2D eigenvalue weighted by Crippen LogP contribution is -2.54. The highest BCUT2D eigenvalue weighted by Gasteiger charge is 2.38. The van der Waals surface area contributed by atoms with Crippen molar-refractivity contribution >= 4 is 6.03 Å². The molecular formula is C11H20N2O2. The fourth-order valence-electron chi connectivity index (χ4n) is 2.52. The maximum absolute atomic E-state index is 12.1. The molecular weight excluding hydrogens is 192 g/mol. The molecule has 4 heteroatoms. The molecule has 86 valence electrons. The Morgan fingerprint density at radius 2 is 2.33 bits per heavy atom. The lowest BCUT2D eigenvalue weighted by molar-refractivity contribution is -0.0424. The van der Waals surface area contributed by atoms with E-state index in [1.807, 2.05) is 18.9 Å². The van der Waals surface area contributed by atoms with Crippen LogP contribution in [-0.2, 0) is 4.74 Å². The molecule has 1 aliphatic heterocycles. The third-order valence-electron chi connectivity index (χ3n) is 3.53. The number of hydrogen-bond acceptors (Lipinski definition) is 2. The molecule has 4 nitrogen and oxygen atoms in total. The zero-order valence-electron chi connectivity index (χ0n) is 9.61. The predicted octanol–water partition coefficient (Wildman–Crippen LogP) is 1.31. The first-order valence-corrected chi connectivity index (χ1v) is 5.87. The van der Waals surface area contributed by atoms with Crippen LogP contribution in [0.15, 0.2) is 0 Å². The SMILES string of the molecule is CCN(C)C(=O)N1CCOC2CCCC21. The number of amides is 2. The third kappa shape index (κ3) is 1.95. The number of hydrogen-bond donors (Lipinski definition) is 0. The van der Waals surface area contributed by atoms with Crippen molar-refractivity contribution in [1.29, 1.82) is 0 Å². The first-order valence-electron chi connectivity index (χ1n) is 5.87. The lowest BCUT2D eigenvalue weighted by Gasteiger charge is -2.39. The van der Waals surface area contributed by atoms with Crippen LogP contribution in [0.3, 0.4) is 0 Å². The summed E-state index contributed by atoms with van der Waals surface area (Å²) in [7, 11) is 1.86. The summed E-state index contributed by atoms with van der Waals surface area (Å²) in [5, 5.41) is 0. The number of carbonyl (C=O) groups excluding carboxylic acids is 1. The first-order chi connectivity index (χ1) is 7.24. The van der Waals surface area contributed by atoms with Gasteiger partial charge in [-0.05, 0) is 26.2 Å². The summed E-state index contributed by atoms with van der Waals surface area (Å²) in [6.45, 7) is 4.23. The van der Waals surface area contributed by atoms with E-state index in [1.54, 1.807) is 4.90 Å². The van der Waals surface area contributed by atoms with Crippen molar-refractivity contribution in [2.45, 2.75) is 38.3 Å². The van der Waals surface area contributed by atoms with E-state index in [-0.39, 0.29) is 6.03 Å². The highest BCUT2D eigenvalue weighted by atomic mass is 16.5. The first kappa shape index (κ1) is 10.7. The maximum atomic E-state index is 12.1. The number of ether oxygens (including phenoxy) is 1. The highest BCUT2D eigenvalue weighted by molar-refractivity contribution is 5.74. The summed E-state index contributed by atoms with van der Waals surface area (Å²) in [5.74, 6) is 0. The maximum Gasteiger partial charge on any atom is 0.320 e. The summed E-state index contributed by atoms with van der Waals surface area (Å²) in [6, 6.07) is 0.498. The molecule has 2 unspecified atom stereocenters. The van der Waals surface area contributed by atoms with Crippen molar-refractivity contribution in [1.82, 2.24) is 9.80 Å². The van der Waals surface area contributed by atoms with Gasteiger partial charge >= 0.3 is 6.03 Å². The van der Waals surface area contributed by atoms with E-state index in [1.165, 1.54) is 6.42 Å². The number of urea groups is 1. The van der Waals surface area contributed by atoms with Gasteiger partial charge in [0, 0.05) is 20.1 Å². The summed E-state index contributed by atoms with van der Waals surface area (Å²) in [5.41, 5.74) is 0. The second kappa shape index (κ2) is 4.39. The molecule has 0 aromatic heterocycles. The predicted molar refractivity (Wildman–Crippen MR) is 57.8 cm³/mol. The fourth-order valence-corrected chi connectivity index (χ4v) is 2.52. The largest absolute Gasteiger partial charge is 0.374 e. The molecule has 2 rings (SSSR count). The van der Waals surface area contributed by atoms with Crippen LogP contribution in [0.4, 0.5) is 4.79 Å². The van der Waals surface area contributed by atoms with Gasteiger partial charge in [0.15, 0.2) is 0 Å². The molecule has 1 saturated heterocycles. The monoisotopic (exact) mass is 212 g/mol. The minimum atomic E-state index is 0.165. The van der Waals surface area contributed by atoms with Gasteiger partial charge in [0.1, 0.15) is 0 Å². The summed E-state index contributed by atoms with van der Waals surface area (Å²) >= 11 is 0. The van der Waals surface area contributed by atoms with Crippen molar-refractivity contribution in [3.63, 3.8) is 0 Å². The molecule has 2 aliphatic rings. The van der Waals surface area contributed by atoms with Crippen molar-refractivity contribution in [3.05, 3.63) is 0 Å². The van der Waals surface area contributed by atoms with Gasteiger partial charge < -0.3 is 14.5 Å². The summed E-state index contributed by atoms with van der Waals surface area (Å²) < 4.78 is 5.68. The molecule has 0 aromatic carbocycles. The molecule has 2 fully saturated rings. The van der Waals surface area contributed by atoms with Gasteiger partial charge in [0.05, 0.1) is 18.8 Å². The van der Waals surface area contributed by atoms with Gasteiger partial charge in [-0.15, -0.1) is 0 Å². The number of morpholine rings is 1. The van der Waals surface area contributed by atoms with E-state index in [9.17, 15) is 4.79 Å². The van der Waals surface area contributed by atoms with E-state index in [0.717, 1.165) is 25.9 Å². The van der Waals surface area contributed by atoms with Gasteiger partial charge in [-0.1, -0.05) is 0 Å². The number of nitrogens with zero attached hydrogens (tertiary/aromatic N) is 2. The van der Waals surface area contributed by atoms with Crippen LogP contribution in [0.25, 0.3) is 0 Å². The van der Waals surface area contributed by atoms with Crippen molar-refractivity contribution in [2.75, 3.05) is 26.7 Å². The Hall–Kier alpha value is -0.770. The summed E-state index contributed by atoms with van der Waals surface area (Å²) in [4.78, 5) is 15.9. The highest BCUT2D eigenvalue weighted by Crippen LogP contribution is 2.30. The molecule has 1 aliphatic carbocycles. The normalized spacial score (nSPS) is 30.1. The summed E-state index contributed by atoms with van der Waals surface area (Å²) in [6.07, 6.45) is 3.71. The Labute approximate surface area is 91.2 Å². The van der Waals surface area contributed by atoms with Crippen LogP contribution >= 0.6 is 0 Å². The zero-order chi connectivity index (χ0) is 10.8. The minimum Gasteiger partial charge on any atom is -0.374 e. The molecule has 1 saturated carbocycles. The molecule has 2 atom stereocenters. The third-order valence-corrected chi connectivity index (χ3v) is 3.53. The van der Waals surface area contributed by atoms with Gasteiger partial charge in [-0.25, -0.2) is 4.79 Å². The van der Waals surface area contributed by atoms with Crippen molar-refractivity contribution in [2.24, 2.45) is 0 Å². The second-order valence-corrected chi connectivity index (χ2v) is 4.40. The molecule has 0 N–H and O–H groups in total. The molecule has 0 bridgehead atoms. The van der Waals surface area contributed by atoms with E-state index in [0.29, 0.717) is 18.8 Å². The molecule has 0 radical (unpaired) electrons. The molecule has 15 heavy (non-hydrogen) atoms. The van der Waals surface area contributed by atoms with Gasteiger partial charge in [-0.3, -0.25) is 0 Å². The average molecular weight is 212 g/mol. The number of fused-ring (bicyclic) bond motifs is 1. The Kier molecular flexibility index (Phi) is 3.14. The van der Waals surface area contributed by atoms with Crippen LogP contribution in [0.5, 0.6) is 0 Å². The second-order valence-electron chi connectivity index (χ2n) is 4.40. The van der Waals surface area contributed by atoms with Gasteiger partial charge in [0.25, 0.3) is 0 Å². The Bertz CT molecular complexity index is 245. The van der Waals surface area contributed by atoms with Crippen molar-refractivity contribution in [3.8, 4) is 0 Å². The minimum absolute atomic E-state index is 0.165. The smallest absolute Gasteiger partial charge is 0.320 e. The fraction of sp³-hybridized carbons (Fsp3) is 0.909. The zero-order valence-corrected chi connectivity index (χ0v) is 9.61. The number of rotatable bonds is 1. The van der Waals surface area contributed by atoms with Crippen LogP contribution in [-0.4, -0.2) is 54.7 Å². The standard InChI is InChI=1S/C11H20N2O2/c1-3-12(2)11(14)13-7-8-15-10-6-4-5-9(10)13/h9-10H,3-8H2,1-2H3. The number of carbonyl (C=O) groups is 1. The van der Waals surface area contributed by atoms with Gasteiger partial charge in [0.2, 0.25) is 0 Å². The van der Waals surface area contributed by atoms with Crippen LogP contribution in [0.1, 0.15) is 26.2 Å². The van der Waals surface area contributed by atoms with E-state index < -0.39 is 0 Å². The quantitative estimate of drug-likeness (QED) is 0.656. The van der Waals surface area contributed by atoms with E-state index in [4.69, 9.17) is 4.74 Å². The van der Waals surface area contributed by atoms with E-state index >= 15 is 0 Å². The van der Waals surface area contributed by atoms with Gasteiger partial charge in [-0.2, -0.15) is 0 Å². The Balaban J connectivity index is 2.04. The van der Waals surface area contributed by atoms with Crippen LogP contribution in [0, 0.1) is 0 Å². The molecule has 1 heterocycles. The average Bonchev–Trinajstić information content (AvgIpc) is 2.74. The van der Waals surface area contributed by atoms with E-state index in [2.05, 4.69) is 0 Å². The van der Waals surface area contributed by atoms with Crippen molar-refractivity contribution < 1.29 is 9.53 Å².